The minimum Gasteiger partial charge on any atom is -0.496 e. The molecule has 9 nitrogen and oxygen atoms in total. The first-order valence-electron chi connectivity index (χ1n) is 7.99. The molecule has 0 radical (unpaired) electrons. The predicted molar refractivity (Wildman–Crippen MR) is 94.6 cm³/mol. The van der Waals surface area contributed by atoms with Crippen molar-refractivity contribution in [2.45, 2.75) is 13.5 Å². The minimum atomic E-state index is -3.05. The zero-order chi connectivity index (χ0) is 19.7. The number of nitrogens with zero attached hydrogens (tertiary/aromatic N) is 2. The normalized spacial score (nSPS) is 15.6. The van der Waals surface area contributed by atoms with Gasteiger partial charge in [-0.3, -0.25) is 4.90 Å². The van der Waals surface area contributed by atoms with Crippen molar-refractivity contribution in [3.8, 4) is 5.75 Å². The molecule has 2 N–H and O–H groups in total. The van der Waals surface area contributed by atoms with Crippen molar-refractivity contribution in [2.24, 2.45) is 0 Å². The summed E-state index contributed by atoms with van der Waals surface area (Å²) in [6, 6.07) is 7.95. The second kappa shape index (κ2) is 10.1. The number of piperazine rings is 1. The Morgan fingerprint density at radius 3 is 2.08 bits per heavy atom. The molecule has 1 heterocycles. The highest BCUT2D eigenvalue weighted by Gasteiger charge is 2.25. The van der Waals surface area contributed by atoms with Gasteiger partial charge in [0.1, 0.15) is 5.75 Å². The van der Waals surface area contributed by atoms with E-state index in [1.54, 1.807) is 18.3 Å². The Morgan fingerprint density at radius 1 is 1.08 bits per heavy atom. The monoisotopic (exact) mass is 388 g/mol. The van der Waals surface area contributed by atoms with Gasteiger partial charge in [0.25, 0.3) is 0 Å². The molecule has 2 rings (SSSR count). The van der Waals surface area contributed by atoms with Gasteiger partial charge in [-0.25, -0.2) is 18.0 Å². The van der Waals surface area contributed by atoms with Crippen molar-refractivity contribution in [2.75, 3.05) is 39.0 Å². The van der Waals surface area contributed by atoms with Crippen LogP contribution in [0.2, 0.25) is 0 Å². The summed E-state index contributed by atoms with van der Waals surface area (Å²) >= 11 is 0. The van der Waals surface area contributed by atoms with Crippen molar-refractivity contribution in [1.82, 2.24) is 9.21 Å². The zero-order valence-corrected chi connectivity index (χ0v) is 15.6. The van der Waals surface area contributed by atoms with Gasteiger partial charge in [-0.15, -0.1) is 0 Å². The molecular weight excluding hydrogens is 364 g/mol. The van der Waals surface area contributed by atoms with E-state index in [2.05, 4.69) is 4.90 Å². The van der Waals surface area contributed by atoms with Gasteiger partial charge in [-0.1, -0.05) is 18.2 Å². The van der Waals surface area contributed by atoms with Gasteiger partial charge in [0.05, 0.1) is 12.9 Å². The molecule has 10 heteroatoms. The first-order valence-corrected chi connectivity index (χ1v) is 9.60. The second-order valence-corrected chi connectivity index (χ2v) is 7.76. The molecule has 0 amide bonds. The molecule has 0 saturated carbocycles. The van der Waals surface area contributed by atoms with Crippen molar-refractivity contribution in [3.63, 3.8) is 0 Å². The zero-order valence-electron chi connectivity index (χ0n) is 14.8. The minimum absolute atomic E-state index is 0.180. The number of carboxylic acids is 2. The first kappa shape index (κ1) is 21.9. The molecule has 0 aliphatic carbocycles. The van der Waals surface area contributed by atoms with Gasteiger partial charge in [-0.05, 0) is 13.0 Å². The fourth-order valence-corrected chi connectivity index (χ4v) is 3.51. The van der Waals surface area contributed by atoms with Crippen LogP contribution >= 0.6 is 0 Å². The summed E-state index contributed by atoms with van der Waals surface area (Å²) < 4.78 is 30.6. The topological polar surface area (TPSA) is 124 Å². The summed E-state index contributed by atoms with van der Waals surface area (Å²) in [5, 5.41) is 14.8. The molecular formula is C16H24N2O7S. The lowest BCUT2D eigenvalue weighted by Crippen LogP contribution is -2.48. The highest BCUT2D eigenvalue weighted by atomic mass is 32.2. The van der Waals surface area contributed by atoms with Crippen LogP contribution in [0.15, 0.2) is 24.3 Å². The smallest absolute Gasteiger partial charge is 0.414 e. The Balaban J connectivity index is 0.000000487. The van der Waals surface area contributed by atoms with Crippen LogP contribution in [0.25, 0.3) is 0 Å². The second-order valence-electron chi connectivity index (χ2n) is 5.50. The van der Waals surface area contributed by atoms with Crippen LogP contribution in [0.3, 0.4) is 0 Å². The van der Waals surface area contributed by atoms with Gasteiger partial charge in [-0.2, -0.15) is 4.31 Å². The number of hydrogen-bond donors (Lipinski definition) is 2. The summed E-state index contributed by atoms with van der Waals surface area (Å²) in [5.74, 6) is -2.58. The van der Waals surface area contributed by atoms with Crippen LogP contribution in [0.1, 0.15) is 12.5 Å². The summed E-state index contributed by atoms with van der Waals surface area (Å²) in [4.78, 5) is 20.5. The van der Waals surface area contributed by atoms with Crippen molar-refractivity contribution in [1.29, 1.82) is 0 Å². The number of para-hydroxylation sites is 1. The summed E-state index contributed by atoms with van der Waals surface area (Å²) in [6.07, 6.45) is 0. The van der Waals surface area contributed by atoms with Gasteiger partial charge < -0.3 is 14.9 Å². The van der Waals surface area contributed by atoms with Crippen LogP contribution in [0.5, 0.6) is 5.75 Å². The number of methoxy groups -OCH3 is 1. The molecule has 146 valence electrons. The number of aliphatic carboxylic acids is 2. The molecule has 1 aromatic carbocycles. The first-order chi connectivity index (χ1) is 12.2. The molecule has 0 unspecified atom stereocenters. The molecule has 1 saturated heterocycles. The maximum absolute atomic E-state index is 11.8. The highest BCUT2D eigenvalue weighted by molar-refractivity contribution is 7.89. The molecule has 1 fully saturated rings. The summed E-state index contributed by atoms with van der Waals surface area (Å²) in [5.41, 5.74) is 1.14. The van der Waals surface area contributed by atoms with Crippen LogP contribution in [-0.4, -0.2) is 78.8 Å². The SMILES string of the molecule is CCS(=O)(=O)N1CCN(Cc2ccccc2OC)CC1.O=C(O)C(=O)O. The fraction of sp³-hybridized carbons (Fsp3) is 0.500. The van der Waals surface area contributed by atoms with Crippen molar-refractivity contribution >= 4 is 22.0 Å². The van der Waals surface area contributed by atoms with E-state index in [1.165, 1.54) is 0 Å². The Bertz CT molecular complexity index is 701. The highest BCUT2D eigenvalue weighted by Crippen LogP contribution is 2.20. The fourth-order valence-electron chi connectivity index (χ4n) is 2.42. The Labute approximate surface area is 152 Å². The van der Waals surface area contributed by atoms with Crippen molar-refractivity contribution < 1.29 is 33.0 Å². The van der Waals surface area contributed by atoms with Gasteiger partial charge in [0.15, 0.2) is 0 Å². The van der Waals surface area contributed by atoms with E-state index in [-0.39, 0.29) is 5.75 Å². The van der Waals surface area contributed by atoms with Crippen LogP contribution in [0.4, 0.5) is 0 Å². The number of ether oxygens (including phenoxy) is 1. The third-order valence-corrected chi connectivity index (χ3v) is 5.74. The maximum Gasteiger partial charge on any atom is 0.414 e. The lowest BCUT2D eigenvalue weighted by Gasteiger charge is -2.34. The standard InChI is InChI=1S/C14H22N2O3S.C2H2O4/c1-3-20(17,18)16-10-8-15(9-11-16)12-13-6-4-5-7-14(13)19-2;3-1(4)2(5)6/h4-7H,3,8-12H2,1-2H3;(H,3,4)(H,5,6). The molecule has 0 bridgehead atoms. The third-order valence-electron chi connectivity index (χ3n) is 3.86. The Hall–Kier alpha value is -2.17. The quantitative estimate of drug-likeness (QED) is 0.691. The molecule has 1 aromatic rings. The predicted octanol–water partition coefficient (Wildman–Crippen LogP) is 0.318. The van der Waals surface area contributed by atoms with Crippen LogP contribution < -0.4 is 4.74 Å². The van der Waals surface area contributed by atoms with E-state index in [0.29, 0.717) is 13.1 Å². The lowest BCUT2D eigenvalue weighted by molar-refractivity contribution is -0.159. The van der Waals surface area contributed by atoms with E-state index in [4.69, 9.17) is 24.5 Å². The van der Waals surface area contributed by atoms with Crippen molar-refractivity contribution in [3.05, 3.63) is 29.8 Å². The lowest BCUT2D eigenvalue weighted by atomic mass is 10.2. The number of benzene rings is 1. The average molecular weight is 388 g/mol. The largest absolute Gasteiger partial charge is 0.496 e. The maximum atomic E-state index is 11.8. The number of hydrogen-bond acceptors (Lipinski definition) is 6. The van der Waals surface area contributed by atoms with Gasteiger partial charge in [0.2, 0.25) is 10.0 Å². The average Bonchev–Trinajstić information content (AvgIpc) is 2.63. The number of carboxylic acid groups (broad SMARTS) is 2. The van der Waals surface area contributed by atoms with Gasteiger partial charge in [0, 0.05) is 38.3 Å². The molecule has 0 atom stereocenters. The summed E-state index contributed by atoms with van der Waals surface area (Å²) in [7, 11) is -1.38. The Kier molecular flexibility index (Phi) is 8.49. The number of rotatable bonds is 5. The van der Waals surface area contributed by atoms with E-state index in [0.717, 1.165) is 30.9 Å². The van der Waals surface area contributed by atoms with Gasteiger partial charge >= 0.3 is 11.9 Å². The molecule has 26 heavy (non-hydrogen) atoms. The van der Waals surface area contributed by atoms with E-state index >= 15 is 0 Å². The number of carbonyl (C=O) groups is 2. The third kappa shape index (κ3) is 6.62. The van der Waals surface area contributed by atoms with Crippen LogP contribution in [-0.2, 0) is 26.2 Å². The molecule has 0 spiro atoms. The molecule has 0 aromatic heterocycles. The Morgan fingerprint density at radius 2 is 1.62 bits per heavy atom. The van der Waals surface area contributed by atoms with Crippen LogP contribution in [0, 0.1) is 0 Å². The molecule has 1 aliphatic rings. The summed E-state index contributed by atoms with van der Waals surface area (Å²) in [6.45, 7) is 5.16. The van der Waals surface area contributed by atoms with E-state index in [9.17, 15) is 8.42 Å². The van der Waals surface area contributed by atoms with E-state index < -0.39 is 22.0 Å². The van der Waals surface area contributed by atoms with E-state index in [1.807, 2.05) is 24.3 Å². The molecule has 1 aliphatic heterocycles. The number of sulfonamides is 1.